The van der Waals surface area contributed by atoms with Crippen LogP contribution >= 0.6 is 23.4 Å². The normalized spacial score (nSPS) is 14.1. The number of thioether (sulfide) groups is 1. The maximum absolute atomic E-state index is 12.5. The van der Waals surface area contributed by atoms with Gasteiger partial charge in [-0.3, -0.25) is 14.4 Å². The number of hydrogen-bond donors (Lipinski definition) is 1. The van der Waals surface area contributed by atoms with Crippen molar-refractivity contribution in [3.63, 3.8) is 0 Å². The van der Waals surface area contributed by atoms with Gasteiger partial charge < -0.3 is 19.5 Å². The summed E-state index contributed by atoms with van der Waals surface area (Å²) in [6, 6.07) is 6.91. The molecule has 0 atom stereocenters. The van der Waals surface area contributed by atoms with Gasteiger partial charge in [0.25, 0.3) is 5.22 Å². The molecule has 1 saturated heterocycles. The van der Waals surface area contributed by atoms with Crippen LogP contribution in [0.1, 0.15) is 13.8 Å². The van der Waals surface area contributed by atoms with Crippen molar-refractivity contribution in [3.05, 3.63) is 29.3 Å². The van der Waals surface area contributed by atoms with Crippen LogP contribution in [0, 0.1) is 0 Å². The molecule has 1 aromatic carbocycles. The summed E-state index contributed by atoms with van der Waals surface area (Å²) in [6.45, 7) is 4.98. The summed E-state index contributed by atoms with van der Waals surface area (Å²) in [6.07, 6.45) is 0. The molecule has 1 aliphatic heterocycles. The van der Waals surface area contributed by atoms with E-state index in [0.29, 0.717) is 42.3 Å². The molecule has 3 amide bonds. The Labute approximate surface area is 183 Å². The average molecular weight is 452 g/mol. The van der Waals surface area contributed by atoms with E-state index in [9.17, 15) is 14.4 Å². The van der Waals surface area contributed by atoms with Gasteiger partial charge in [-0.1, -0.05) is 23.4 Å². The Hall–Kier alpha value is -2.59. The summed E-state index contributed by atoms with van der Waals surface area (Å²) < 4.78 is 5.58. The standard InChI is InChI=1S/C19H22ClN5O4S/c1-12(2)21-16(27)18(28)25-9-7-24(8-10-25)15(26)11-30-19-23-22-17(29-19)13-3-5-14(20)6-4-13/h3-6,12H,7-11H2,1-2H3,(H,21,27). The lowest BCUT2D eigenvalue weighted by Crippen LogP contribution is -2.54. The number of carbonyl (C=O) groups is 3. The topological polar surface area (TPSA) is 109 Å². The molecule has 9 nitrogen and oxygen atoms in total. The lowest BCUT2D eigenvalue weighted by molar-refractivity contribution is -0.148. The van der Waals surface area contributed by atoms with Crippen LogP contribution in [0.5, 0.6) is 0 Å². The average Bonchev–Trinajstić information content (AvgIpc) is 3.20. The maximum atomic E-state index is 12.5. The number of nitrogens with one attached hydrogen (secondary N) is 1. The third-order valence-corrected chi connectivity index (χ3v) is 5.41. The van der Waals surface area contributed by atoms with E-state index in [4.69, 9.17) is 16.0 Å². The Morgan fingerprint density at radius 3 is 2.37 bits per heavy atom. The van der Waals surface area contributed by atoms with Gasteiger partial charge in [0, 0.05) is 42.8 Å². The number of carbonyl (C=O) groups excluding carboxylic acids is 3. The quantitative estimate of drug-likeness (QED) is 0.544. The zero-order chi connectivity index (χ0) is 21.7. The van der Waals surface area contributed by atoms with Gasteiger partial charge in [0.1, 0.15) is 0 Å². The summed E-state index contributed by atoms with van der Waals surface area (Å²) in [4.78, 5) is 39.5. The second kappa shape index (κ2) is 9.94. The minimum absolute atomic E-state index is 0.0926. The van der Waals surface area contributed by atoms with Crippen LogP contribution in [0.3, 0.4) is 0 Å². The predicted octanol–water partition coefficient (Wildman–Crippen LogP) is 1.68. The van der Waals surface area contributed by atoms with Crippen molar-refractivity contribution in [1.82, 2.24) is 25.3 Å². The van der Waals surface area contributed by atoms with Crippen molar-refractivity contribution in [1.29, 1.82) is 0 Å². The highest BCUT2D eigenvalue weighted by Crippen LogP contribution is 2.24. The second-order valence-corrected chi connectivity index (χ2v) is 8.33. The van der Waals surface area contributed by atoms with Gasteiger partial charge in [-0.15, -0.1) is 10.2 Å². The van der Waals surface area contributed by atoms with Crippen LogP contribution in [0.2, 0.25) is 5.02 Å². The third-order valence-electron chi connectivity index (χ3n) is 4.35. The van der Waals surface area contributed by atoms with Crippen LogP contribution in [-0.2, 0) is 14.4 Å². The van der Waals surface area contributed by atoms with E-state index in [2.05, 4.69) is 15.5 Å². The number of hydrogen-bond acceptors (Lipinski definition) is 7. The minimum Gasteiger partial charge on any atom is -0.411 e. The second-order valence-electron chi connectivity index (χ2n) is 6.97. The molecule has 0 aliphatic carbocycles. The molecule has 11 heteroatoms. The fourth-order valence-electron chi connectivity index (χ4n) is 2.82. The SMILES string of the molecule is CC(C)NC(=O)C(=O)N1CCN(C(=O)CSc2nnc(-c3ccc(Cl)cc3)o2)CC1. The summed E-state index contributed by atoms with van der Waals surface area (Å²) in [5.41, 5.74) is 0.743. The molecule has 0 spiro atoms. The Balaban J connectivity index is 1.46. The van der Waals surface area contributed by atoms with E-state index in [-0.39, 0.29) is 17.7 Å². The first-order chi connectivity index (χ1) is 14.3. The van der Waals surface area contributed by atoms with E-state index in [1.165, 1.54) is 4.90 Å². The van der Waals surface area contributed by atoms with Gasteiger partial charge in [0.2, 0.25) is 11.8 Å². The maximum Gasteiger partial charge on any atom is 0.312 e. The van der Waals surface area contributed by atoms with Crippen LogP contribution in [0.25, 0.3) is 11.5 Å². The van der Waals surface area contributed by atoms with Crippen molar-refractivity contribution in [2.75, 3.05) is 31.9 Å². The molecule has 1 N–H and O–H groups in total. The number of aromatic nitrogens is 2. The van der Waals surface area contributed by atoms with Crippen molar-refractivity contribution in [2.24, 2.45) is 0 Å². The summed E-state index contributed by atoms with van der Waals surface area (Å²) in [5, 5.41) is 11.4. The van der Waals surface area contributed by atoms with Crippen molar-refractivity contribution in [3.8, 4) is 11.5 Å². The first-order valence-corrected chi connectivity index (χ1v) is 10.8. The fraction of sp³-hybridized carbons (Fsp3) is 0.421. The Bertz CT molecular complexity index is 910. The van der Waals surface area contributed by atoms with Gasteiger partial charge in [-0.05, 0) is 38.1 Å². The smallest absolute Gasteiger partial charge is 0.312 e. The Morgan fingerprint density at radius 1 is 1.10 bits per heavy atom. The van der Waals surface area contributed by atoms with E-state index in [1.54, 1.807) is 43.0 Å². The molecular formula is C19H22ClN5O4S. The Kier molecular flexibility index (Phi) is 7.33. The first kappa shape index (κ1) is 22.1. The zero-order valence-corrected chi connectivity index (χ0v) is 18.2. The van der Waals surface area contributed by atoms with Gasteiger partial charge >= 0.3 is 11.8 Å². The summed E-state index contributed by atoms with van der Waals surface area (Å²) in [7, 11) is 0. The fourth-order valence-corrected chi connectivity index (χ4v) is 3.61. The lowest BCUT2D eigenvalue weighted by atomic mass is 10.2. The molecule has 1 aromatic heterocycles. The predicted molar refractivity (Wildman–Crippen MR) is 112 cm³/mol. The van der Waals surface area contributed by atoms with Gasteiger partial charge in [-0.25, -0.2) is 0 Å². The monoisotopic (exact) mass is 451 g/mol. The van der Waals surface area contributed by atoms with E-state index < -0.39 is 11.8 Å². The number of piperazine rings is 1. The number of amides is 3. The molecule has 0 saturated carbocycles. The Morgan fingerprint density at radius 2 is 1.73 bits per heavy atom. The van der Waals surface area contributed by atoms with Crippen molar-refractivity contribution >= 4 is 41.1 Å². The van der Waals surface area contributed by atoms with Crippen molar-refractivity contribution < 1.29 is 18.8 Å². The summed E-state index contributed by atoms with van der Waals surface area (Å²) in [5.74, 6) is -0.776. The molecule has 2 aromatic rings. The van der Waals surface area contributed by atoms with Crippen LogP contribution in [-0.4, -0.2) is 75.7 Å². The van der Waals surface area contributed by atoms with E-state index in [1.807, 2.05) is 0 Å². The molecule has 1 fully saturated rings. The molecule has 160 valence electrons. The highest BCUT2D eigenvalue weighted by atomic mass is 35.5. The molecule has 3 rings (SSSR count). The number of halogens is 1. The van der Waals surface area contributed by atoms with Crippen LogP contribution < -0.4 is 5.32 Å². The highest BCUT2D eigenvalue weighted by molar-refractivity contribution is 7.99. The zero-order valence-electron chi connectivity index (χ0n) is 16.6. The number of nitrogens with zero attached hydrogens (tertiary/aromatic N) is 4. The molecule has 2 heterocycles. The van der Waals surface area contributed by atoms with Gasteiger partial charge in [0.05, 0.1) is 5.75 Å². The highest BCUT2D eigenvalue weighted by Gasteiger charge is 2.28. The first-order valence-electron chi connectivity index (χ1n) is 9.43. The molecular weight excluding hydrogens is 430 g/mol. The van der Waals surface area contributed by atoms with Crippen LogP contribution in [0.4, 0.5) is 0 Å². The molecule has 30 heavy (non-hydrogen) atoms. The number of rotatable bonds is 5. The third kappa shape index (κ3) is 5.73. The molecule has 0 unspecified atom stereocenters. The molecule has 0 bridgehead atoms. The minimum atomic E-state index is -0.617. The van der Waals surface area contributed by atoms with Crippen molar-refractivity contribution in [2.45, 2.75) is 25.1 Å². The summed E-state index contributed by atoms with van der Waals surface area (Å²) >= 11 is 7.03. The van der Waals surface area contributed by atoms with Gasteiger partial charge in [0.15, 0.2) is 0 Å². The lowest BCUT2D eigenvalue weighted by Gasteiger charge is -2.34. The van der Waals surface area contributed by atoms with E-state index in [0.717, 1.165) is 17.3 Å². The van der Waals surface area contributed by atoms with E-state index >= 15 is 0 Å². The van der Waals surface area contributed by atoms with Crippen LogP contribution in [0.15, 0.2) is 33.9 Å². The number of benzene rings is 1. The van der Waals surface area contributed by atoms with Gasteiger partial charge in [-0.2, -0.15) is 0 Å². The largest absolute Gasteiger partial charge is 0.411 e. The molecule has 1 aliphatic rings. The molecule has 0 radical (unpaired) electrons.